The summed E-state index contributed by atoms with van der Waals surface area (Å²) in [5, 5.41) is 9.02. The lowest BCUT2D eigenvalue weighted by Crippen LogP contribution is -2.26. The number of nitrogens with zero attached hydrogens (tertiary/aromatic N) is 1. The molecule has 1 aromatic rings. The fourth-order valence-corrected chi connectivity index (χ4v) is 1.86. The predicted molar refractivity (Wildman–Crippen MR) is 65.4 cm³/mol. The number of aliphatic hydroxyl groups is 1. The maximum atomic E-state index is 9.02. The highest BCUT2D eigenvalue weighted by Crippen LogP contribution is 2.20. The first kappa shape index (κ1) is 12.1. The minimum Gasteiger partial charge on any atom is -0.396 e. The van der Waals surface area contributed by atoms with Crippen LogP contribution in [0, 0.1) is 19.8 Å². The zero-order chi connectivity index (χ0) is 11.4. The number of anilines is 1. The highest BCUT2D eigenvalue weighted by atomic mass is 16.3. The predicted octanol–water partition coefficient (Wildman–Crippen LogP) is 2.37. The number of aryl methyl sites for hydroxylation is 2. The summed E-state index contributed by atoms with van der Waals surface area (Å²) in [5.74, 6) is 0.315. The second kappa shape index (κ2) is 5.17. The molecule has 2 heteroatoms. The standard InChI is InChI=1S/C13H21NO/c1-10-5-6-13(12(3)7-10)14(4)8-11(2)9-15/h5-7,11,15H,8-9H2,1-4H3. The fraction of sp³-hybridized carbons (Fsp3) is 0.538. The van der Waals surface area contributed by atoms with E-state index in [0.29, 0.717) is 5.92 Å². The van der Waals surface area contributed by atoms with Gasteiger partial charge in [0.05, 0.1) is 0 Å². The van der Waals surface area contributed by atoms with E-state index in [1.54, 1.807) is 0 Å². The van der Waals surface area contributed by atoms with Gasteiger partial charge in [0.15, 0.2) is 0 Å². The Bertz CT molecular complexity index is 322. The second-order valence-corrected chi connectivity index (χ2v) is 4.46. The van der Waals surface area contributed by atoms with Gasteiger partial charge in [0.1, 0.15) is 0 Å². The lowest BCUT2D eigenvalue weighted by atomic mass is 10.1. The van der Waals surface area contributed by atoms with Gasteiger partial charge in [-0.15, -0.1) is 0 Å². The van der Waals surface area contributed by atoms with Crippen LogP contribution in [0.2, 0.25) is 0 Å². The van der Waals surface area contributed by atoms with Crippen LogP contribution < -0.4 is 4.90 Å². The largest absolute Gasteiger partial charge is 0.396 e. The summed E-state index contributed by atoms with van der Waals surface area (Å²) >= 11 is 0. The highest BCUT2D eigenvalue weighted by molar-refractivity contribution is 5.53. The zero-order valence-electron chi connectivity index (χ0n) is 10.1. The Labute approximate surface area is 92.5 Å². The summed E-state index contributed by atoms with van der Waals surface area (Å²) in [6.45, 7) is 7.42. The Morgan fingerprint density at radius 3 is 2.53 bits per heavy atom. The zero-order valence-corrected chi connectivity index (χ0v) is 10.1. The monoisotopic (exact) mass is 207 g/mol. The van der Waals surface area contributed by atoms with Crippen LogP contribution in [0.15, 0.2) is 18.2 Å². The molecular weight excluding hydrogens is 186 g/mol. The summed E-state index contributed by atoms with van der Waals surface area (Å²) in [4.78, 5) is 2.20. The Hall–Kier alpha value is -1.02. The summed E-state index contributed by atoms with van der Waals surface area (Å²) in [6, 6.07) is 6.46. The van der Waals surface area contributed by atoms with E-state index in [9.17, 15) is 0 Å². The first-order chi connectivity index (χ1) is 7.04. The molecule has 1 atom stereocenters. The Morgan fingerprint density at radius 1 is 1.33 bits per heavy atom. The first-order valence-electron chi connectivity index (χ1n) is 5.44. The maximum Gasteiger partial charge on any atom is 0.0473 e. The normalized spacial score (nSPS) is 12.6. The number of rotatable bonds is 4. The third-order valence-electron chi connectivity index (χ3n) is 2.66. The second-order valence-electron chi connectivity index (χ2n) is 4.46. The van der Waals surface area contributed by atoms with Crippen molar-refractivity contribution in [2.45, 2.75) is 20.8 Å². The van der Waals surface area contributed by atoms with Crippen molar-refractivity contribution in [3.63, 3.8) is 0 Å². The van der Waals surface area contributed by atoms with Gasteiger partial charge in [-0.1, -0.05) is 24.6 Å². The van der Waals surface area contributed by atoms with Crippen LogP contribution in [0.4, 0.5) is 5.69 Å². The smallest absolute Gasteiger partial charge is 0.0473 e. The molecule has 0 aliphatic carbocycles. The van der Waals surface area contributed by atoms with E-state index in [1.165, 1.54) is 16.8 Å². The molecule has 0 radical (unpaired) electrons. The van der Waals surface area contributed by atoms with E-state index in [1.807, 2.05) is 0 Å². The average Bonchev–Trinajstić information content (AvgIpc) is 2.17. The minimum atomic E-state index is 0.245. The summed E-state index contributed by atoms with van der Waals surface area (Å²) < 4.78 is 0. The molecule has 0 aromatic heterocycles. The molecule has 15 heavy (non-hydrogen) atoms. The van der Waals surface area contributed by atoms with E-state index >= 15 is 0 Å². The van der Waals surface area contributed by atoms with Crippen molar-refractivity contribution in [2.75, 3.05) is 25.1 Å². The van der Waals surface area contributed by atoms with E-state index in [0.717, 1.165) is 6.54 Å². The van der Waals surface area contributed by atoms with Crippen LogP contribution in [-0.4, -0.2) is 25.3 Å². The Balaban J connectivity index is 2.77. The van der Waals surface area contributed by atoms with Crippen molar-refractivity contribution >= 4 is 5.69 Å². The lowest BCUT2D eigenvalue weighted by molar-refractivity contribution is 0.240. The number of aliphatic hydroxyl groups excluding tert-OH is 1. The van der Waals surface area contributed by atoms with Gasteiger partial charge < -0.3 is 10.0 Å². The van der Waals surface area contributed by atoms with Crippen LogP contribution in [0.5, 0.6) is 0 Å². The molecule has 84 valence electrons. The van der Waals surface area contributed by atoms with Crippen molar-refractivity contribution < 1.29 is 5.11 Å². The van der Waals surface area contributed by atoms with Gasteiger partial charge in [0, 0.05) is 25.9 Å². The molecule has 0 aliphatic heterocycles. The minimum absolute atomic E-state index is 0.245. The highest BCUT2D eigenvalue weighted by Gasteiger charge is 2.08. The van der Waals surface area contributed by atoms with Crippen molar-refractivity contribution in [3.8, 4) is 0 Å². The molecule has 1 rings (SSSR count). The molecule has 0 fully saturated rings. The third kappa shape index (κ3) is 3.24. The van der Waals surface area contributed by atoms with Crippen molar-refractivity contribution in [2.24, 2.45) is 5.92 Å². The molecule has 1 N–H and O–H groups in total. The topological polar surface area (TPSA) is 23.5 Å². The van der Waals surface area contributed by atoms with E-state index in [4.69, 9.17) is 5.11 Å². The summed E-state index contributed by atoms with van der Waals surface area (Å²) in [5.41, 5.74) is 3.84. The van der Waals surface area contributed by atoms with Crippen molar-refractivity contribution in [1.29, 1.82) is 0 Å². The average molecular weight is 207 g/mol. The molecule has 0 amide bonds. The Kier molecular flexibility index (Phi) is 4.15. The van der Waals surface area contributed by atoms with E-state index in [-0.39, 0.29) is 6.61 Å². The molecule has 0 bridgehead atoms. The Morgan fingerprint density at radius 2 is 2.00 bits per heavy atom. The fourth-order valence-electron chi connectivity index (χ4n) is 1.86. The molecule has 0 spiro atoms. The lowest BCUT2D eigenvalue weighted by Gasteiger charge is -2.24. The van der Waals surface area contributed by atoms with Gasteiger partial charge in [-0.25, -0.2) is 0 Å². The van der Waals surface area contributed by atoms with Gasteiger partial charge in [-0.2, -0.15) is 0 Å². The van der Waals surface area contributed by atoms with E-state index in [2.05, 4.69) is 50.9 Å². The van der Waals surface area contributed by atoms with Crippen LogP contribution in [-0.2, 0) is 0 Å². The molecule has 1 aromatic carbocycles. The van der Waals surface area contributed by atoms with Gasteiger partial charge in [0.2, 0.25) is 0 Å². The van der Waals surface area contributed by atoms with Gasteiger partial charge in [-0.05, 0) is 31.4 Å². The third-order valence-corrected chi connectivity index (χ3v) is 2.66. The number of hydrogen-bond acceptors (Lipinski definition) is 2. The number of benzene rings is 1. The van der Waals surface area contributed by atoms with Crippen LogP contribution >= 0.6 is 0 Å². The first-order valence-corrected chi connectivity index (χ1v) is 5.44. The summed E-state index contributed by atoms with van der Waals surface area (Å²) in [7, 11) is 2.07. The molecular formula is C13H21NO. The molecule has 0 saturated carbocycles. The van der Waals surface area contributed by atoms with Crippen LogP contribution in [0.3, 0.4) is 0 Å². The molecule has 0 saturated heterocycles. The molecule has 1 unspecified atom stereocenters. The van der Waals surface area contributed by atoms with Gasteiger partial charge in [0.25, 0.3) is 0 Å². The van der Waals surface area contributed by atoms with Crippen LogP contribution in [0.1, 0.15) is 18.1 Å². The van der Waals surface area contributed by atoms with Crippen LogP contribution in [0.25, 0.3) is 0 Å². The maximum absolute atomic E-state index is 9.02. The molecule has 0 aliphatic rings. The number of hydrogen-bond donors (Lipinski definition) is 1. The van der Waals surface area contributed by atoms with Gasteiger partial charge >= 0.3 is 0 Å². The molecule has 2 nitrogen and oxygen atoms in total. The summed E-state index contributed by atoms with van der Waals surface area (Å²) in [6.07, 6.45) is 0. The SMILES string of the molecule is Cc1ccc(N(C)CC(C)CO)c(C)c1. The van der Waals surface area contributed by atoms with Gasteiger partial charge in [-0.3, -0.25) is 0 Å². The van der Waals surface area contributed by atoms with Crippen molar-refractivity contribution in [3.05, 3.63) is 29.3 Å². The quantitative estimate of drug-likeness (QED) is 0.819. The van der Waals surface area contributed by atoms with E-state index < -0.39 is 0 Å². The molecule has 0 heterocycles. The van der Waals surface area contributed by atoms with Crippen molar-refractivity contribution in [1.82, 2.24) is 0 Å².